The Kier molecular flexibility index (Phi) is 7.04. The number of methoxy groups -OCH3 is 1. The van der Waals surface area contributed by atoms with Crippen molar-refractivity contribution >= 4 is 29.1 Å². The predicted molar refractivity (Wildman–Crippen MR) is 128 cm³/mol. The Morgan fingerprint density at radius 2 is 1.97 bits per heavy atom. The third-order valence-electron chi connectivity index (χ3n) is 6.08. The molecule has 8 nitrogen and oxygen atoms in total. The first-order valence-corrected chi connectivity index (χ1v) is 11.2. The fraction of sp³-hybridized carbons (Fsp3) is 0.292. The first kappa shape index (κ1) is 24.6. The molecule has 0 bridgehead atoms. The highest BCUT2D eigenvalue weighted by Crippen LogP contribution is 2.30. The molecule has 2 heterocycles. The molecule has 1 aliphatic rings. The highest BCUT2D eigenvalue weighted by Gasteiger charge is 2.27. The summed E-state index contributed by atoms with van der Waals surface area (Å²) in [4.78, 5) is 31.4. The number of aromatic nitrogens is 2. The second-order valence-corrected chi connectivity index (χ2v) is 8.55. The van der Waals surface area contributed by atoms with Gasteiger partial charge in [0.1, 0.15) is 0 Å². The topological polar surface area (TPSA) is 88.5 Å². The molecule has 35 heavy (non-hydrogen) atoms. The number of carbonyl (C=O) groups is 2. The zero-order chi connectivity index (χ0) is 25.3. The molecule has 11 heteroatoms. The van der Waals surface area contributed by atoms with Gasteiger partial charge in [-0.3, -0.25) is 9.59 Å². The average molecular weight is 504 g/mol. The Bertz CT molecular complexity index is 1300. The fourth-order valence-corrected chi connectivity index (χ4v) is 4.32. The molecule has 0 aliphatic carbocycles. The van der Waals surface area contributed by atoms with E-state index in [0.717, 1.165) is 6.42 Å². The van der Waals surface area contributed by atoms with Gasteiger partial charge >= 0.3 is 0 Å². The molecule has 184 valence electrons. The summed E-state index contributed by atoms with van der Waals surface area (Å²) in [5, 5.41) is 6.04. The van der Waals surface area contributed by atoms with Gasteiger partial charge in [-0.15, -0.1) is 0 Å². The van der Waals surface area contributed by atoms with Crippen molar-refractivity contribution in [3.8, 4) is 17.0 Å². The van der Waals surface area contributed by atoms with Crippen LogP contribution in [0.3, 0.4) is 0 Å². The van der Waals surface area contributed by atoms with Crippen molar-refractivity contribution in [3.63, 3.8) is 0 Å². The van der Waals surface area contributed by atoms with Gasteiger partial charge in [-0.2, -0.15) is 4.39 Å². The van der Waals surface area contributed by atoms with Gasteiger partial charge in [0.05, 0.1) is 29.6 Å². The first-order chi connectivity index (χ1) is 16.7. The molecular weight excluding hydrogens is 480 g/mol. The minimum Gasteiger partial charge on any atom is -0.494 e. The van der Waals surface area contributed by atoms with E-state index in [9.17, 15) is 18.4 Å². The lowest BCUT2D eigenvalue weighted by atomic mass is 10.1. The molecule has 2 N–H and O–H groups in total. The van der Waals surface area contributed by atoms with Gasteiger partial charge < -0.3 is 24.8 Å². The van der Waals surface area contributed by atoms with E-state index in [1.165, 1.54) is 43.1 Å². The summed E-state index contributed by atoms with van der Waals surface area (Å²) in [5.74, 6) is -3.24. The van der Waals surface area contributed by atoms with E-state index in [4.69, 9.17) is 16.3 Å². The Morgan fingerprint density at radius 1 is 1.20 bits per heavy atom. The summed E-state index contributed by atoms with van der Waals surface area (Å²) in [7, 11) is 4.62. The number of rotatable bonds is 6. The first-order valence-electron chi connectivity index (χ1n) is 10.9. The Morgan fingerprint density at radius 3 is 2.63 bits per heavy atom. The van der Waals surface area contributed by atoms with Crippen molar-refractivity contribution in [2.75, 3.05) is 32.6 Å². The smallest absolute Gasteiger partial charge is 0.291 e. The molecule has 1 aromatic heterocycles. The highest BCUT2D eigenvalue weighted by molar-refractivity contribution is 6.34. The van der Waals surface area contributed by atoms with Crippen LogP contribution in [0.4, 0.5) is 14.5 Å². The summed E-state index contributed by atoms with van der Waals surface area (Å²) in [6.07, 6.45) is 2.15. The maximum atomic E-state index is 14.5. The Hall–Kier alpha value is -3.50. The molecule has 0 radical (unpaired) electrons. The lowest BCUT2D eigenvalue weighted by Crippen LogP contribution is -2.33. The molecule has 1 aliphatic heterocycles. The van der Waals surface area contributed by atoms with Crippen molar-refractivity contribution in [1.29, 1.82) is 0 Å². The van der Waals surface area contributed by atoms with Crippen LogP contribution < -0.4 is 15.4 Å². The number of likely N-dealkylation sites (tertiary alicyclic amines) is 1. The van der Waals surface area contributed by atoms with Crippen LogP contribution in [0.25, 0.3) is 11.3 Å². The standard InChI is InChI=1S/C24H24ClF2N5O3/c1-28-14-8-9-32(12-14)24(34)15-5-4-13(10-17(15)25)30-23(33)22-29-11-18(31(22)2)16-6-7-19(35-3)21(27)20(16)26/h4-7,10-11,14,28H,8-9,12H2,1-3H3,(H,30,33). The SMILES string of the molecule is CNC1CCN(C(=O)c2ccc(NC(=O)c3ncc(-c4ccc(OC)c(F)c4F)n3C)cc2Cl)C1. The van der Waals surface area contributed by atoms with Crippen LogP contribution in [0, 0.1) is 11.6 Å². The normalized spacial score (nSPS) is 15.4. The van der Waals surface area contributed by atoms with Crippen LogP contribution in [0.1, 0.15) is 27.4 Å². The number of nitrogens with zero attached hydrogens (tertiary/aromatic N) is 3. The van der Waals surface area contributed by atoms with Gasteiger partial charge in [0, 0.05) is 37.4 Å². The molecule has 0 saturated carbocycles. The lowest BCUT2D eigenvalue weighted by molar-refractivity contribution is 0.0789. The predicted octanol–water partition coefficient (Wildman–Crippen LogP) is 3.71. The molecule has 2 amide bonds. The van der Waals surface area contributed by atoms with Gasteiger partial charge in [-0.1, -0.05) is 11.6 Å². The largest absolute Gasteiger partial charge is 0.494 e. The summed E-state index contributed by atoms with van der Waals surface area (Å²) >= 11 is 6.35. The van der Waals surface area contributed by atoms with Crippen LogP contribution in [-0.4, -0.2) is 59.6 Å². The van der Waals surface area contributed by atoms with Crippen LogP contribution >= 0.6 is 11.6 Å². The van der Waals surface area contributed by atoms with E-state index in [1.807, 2.05) is 7.05 Å². The van der Waals surface area contributed by atoms with E-state index in [-0.39, 0.29) is 39.8 Å². The summed E-state index contributed by atoms with van der Waals surface area (Å²) in [6.45, 7) is 1.24. The number of benzene rings is 2. The zero-order valence-electron chi connectivity index (χ0n) is 19.4. The minimum atomic E-state index is -1.13. The maximum absolute atomic E-state index is 14.5. The Balaban J connectivity index is 1.51. The fourth-order valence-electron chi connectivity index (χ4n) is 4.06. The molecule has 3 aromatic rings. The number of anilines is 1. The van der Waals surface area contributed by atoms with E-state index >= 15 is 0 Å². The van der Waals surface area contributed by atoms with Crippen molar-refractivity contribution in [3.05, 3.63) is 64.6 Å². The number of nitrogens with one attached hydrogen (secondary N) is 2. The molecule has 1 fully saturated rings. The number of hydrogen-bond donors (Lipinski definition) is 2. The van der Waals surface area contributed by atoms with Crippen molar-refractivity contribution in [1.82, 2.24) is 19.8 Å². The molecule has 1 unspecified atom stereocenters. The van der Waals surface area contributed by atoms with E-state index < -0.39 is 17.5 Å². The molecule has 2 aromatic carbocycles. The Labute approximate surface area is 205 Å². The van der Waals surface area contributed by atoms with E-state index in [0.29, 0.717) is 24.3 Å². The van der Waals surface area contributed by atoms with Gasteiger partial charge in [0.15, 0.2) is 17.4 Å². The average Bonchev–Trinajstić information content (AvgIpc) is 3.47. The second kappa shape index (κ2) is 10.0. The van der Waals surface area contributed by atoms with Gasteiger partial charge in [-0.25, -0.2) is 9.37 Å². The van der Waals surface area contributed by atoms with Gasteiger partial charge in [0.25, 0.3) is 11.8 Å². The molecule has 0 spiro atoms. The number of halogens is 3. The van der Waals surface area contributed by atoms with E-state index in [1.54, 1.807) is 17.0 Å². The van der Waals surface area contributed by atoms with Crippen LogP contribution in [0.2, 0.25) is 5.02 Å². The number of hydrogen-bond acceptors (Lipinski definition) is 5. The molecule has 4 rings (SSSR count). The highest BCUT2D eigenvalue weighted by atomic mass is 35.5. The summed E-state index contributed by atoms with van der Waals surface area (Å²) in [6, 6.07) is 7.52. The van der Waals surface area contributed by atoms with E-state index in [2.05, 4.69) is 15.6 Å². The van der Waals surface area contributed by atoms with Gasteiger partial charge in [0.2, 0.25) is 5.82 Å². The van der Waals surface area contributed by atoms with Crippen LogP contribution in [-0.2, 0) is 7.05 Å². The summed E-state index contributed by atoms with van der Waals surface area (Å²) < 4.78 is 34.8. The van der Waals surface area contributed by atoms with Gasteiger partial charge in [-0.05, 0) is 43.8 Å². The molecule has 1 atom stereocenters. The third kappa shape index (κ3) is 4.71. The molecular formula is C24H24ClF2N5O3. The number of amides is 2. The van der Waals surface area contributed by atoms with Crippen molar-refractivity contribution < 1.29 is 23.1 Å². The van der Waals surface area contributed by atoms with Crippen molar-refractivity contribution in [2.24, 2.45) is 7.05 Å². The third-order valence-corrected chi connectivity index (χ3v) is 6.39. The minimum absolute atomic E-state index is 0.0259. The number of ether oxygens (including phenoxy) is 1. The lowest BCUT2D eigenvalue weighted by Gasteiger charge is -2.17. The van der Waals surface area contributed by atoms with Crippen LogP contribution in [0.15, 0.2) is 36.5 Å². The monoisotopic (exact) mass is 503 g/mol. The summed E-state index contributed by atoms with van der Waals surface area (Å²) in [5.41, 5.74) is 0.847. The quantitative estimate of drug-likeness (QED) is 0.535. The maximum Gasteiger partial charge on any atom is 0.291 e. The zero-order valence-corrected chi connectivity index (χ0v) is 20.1. The van der Waals surface area contributed by atoms with Crippen LogP contribution in [0.5, 0.6) is 5.75 Å². The van der Waals surface area contributed by atoms with Crippen molar-refractivity contribution in [2.45, 2.75) is 12.5 Å². The molecule has 1 saturated heterocycles. The number of imidazole rings is 1. The number of likely N-dealkylation sites (N-methyl/N-ethyl adjacent to an activating group) is 1. The number of carbonyl (C=O) groups excluding carboxylic acids is 2. The second-order valence-electron chi connectivity index (χ2n) is 8.14.